The molecule has 0 radical (unpaired) electrons. The first-order valence-electron chi connectivity index (χ1n) is 12.9. The highest BCUT2D eigenvalue weighted by Crippen LogP contribution is 2.43. The quantitative estimate of drug-likeness (QED) is 0.292. The van der Waals surface area contributed by atoms with E-state index in [0.29, 0.717) is 23.2 Å². The van der Waals surface area contributed by atoms with Crippen LogP contribution in [0.4, 0.5) is 0 Å². The fraction of sp³-hybridized carbons (Fsp3) is 0.552. The van der Waals surface area contributed by atoms with Crippen molar-refractivity contribution >= 4 is 5.97 Å². The summed E-state index contributed by atoms with van der Waals surface area (Å²) < 4.78 is 7.24. The van der Waals surface area contributed by atoms with Gasteiger partial charge in [0.05, 0.1) is 25.7 Å². The minimum atomic E-state index is -1.80. The van der Waals surface area contributed by atoms with Crippen molar-refractivity contribution < 1.29 is 36.1 Å². The SMILES string of the molecule is CCCCCCC[N+]1(C)C2CCC1CC(OC(=O)C(O)(c1ccccc1)c1ccccc1)C2.[Br-]. The van der Waals surface area contributed by atoms with Gasteiger partial charge >= 0.3 is 5.97 Å². The zero-order valence-electron chi connectivity index (χ0n) is 20.7. The molecule has 2 aliphatic heterocycles. The van der Waals surface area contributed by atoms with Gasteiger partial charge in [-0.2, -0.15) is 0 Å². The van der Waals surface area contributed by atoms with E-state index in [-0.39, 0.29) is 23.1 Å². The first-order valence-corrected chi connectivity index (χ1v) is 12.9. The van der Waals surface area contributed by atoms with Gasteiger partial charge in [-0.25, -0.2) is 4.79 Å². The Kier molecular flexibility index (Phi) is 9.36. The largest absolute Gasteiger partial charge is 1.00 e. The molecule has 2 aromatic rings. The van der Waals surface area contributed by atoms with E-state index in [9.17, 15) is 9.90 Å². The second kappa shape index (κ2) is 11.8. The fourth-order valence-corrected chi connectivity index (χ4v) is 6.21. The lowest BCUT2D eigenvalue weighted by atomic mass is 9.86. The van der Waals surface area contributed by atoms with E-state index >= 15 is 0 Å². The predicted octanol–water partition coefficient (Wildman–Crippen LogP) is 2.58. The summed E-state index contributed by atoms with van der Waals surface area (Å²) in [6.45, 7) is 3.49. The standard InChI is InChI=1S/C29H40NO3.BrH/c1-3-4-5-6-13-20-30(2)25-18-19-26(30)22-27(21-25)33-28(31)29(32,23-14-9-7-10-15-23)24-16-11-8-12-17-24;/h7-12,14-17,25-27,32H,3-6,13,18-22H2,1-2H3;1H/q+1;/p-1. The molecule has 0 aliphatic carbocycles. The number of nitrogens with zero attached hydrogens (tertiary/aromatic N) is 1. The van der Waals surface area contributed by atoms with Crippen molar-refractivity contribution in [1.29, 1.82) is 0 Å². The van der Waals surface area contributed by atoms with E-state index in [1.165, 1.54) is 51.5 Å². The number of ether oxygens (including phenoxy) is 1. The molecule has 0 amide bonds. The zero-order chi connectivity index (χ0) is 23.3. The van der Waals surface area contributed by atoms with Crippen LogP contribution in [0.15, 0.2) is 60.7 Å². The number of halogens is 1. The number of unbranched alkanes of at least 4 members (excludes halogenated alkanes) is 4. The third-order valence-electron chi connectivity index (χ3n) is 8.27. The molecule has 2 aliphatic rings. The van der Waals surface area contributed by atoms with Crippen molar-refractivity contribution in [2.45, 2.75) is 88.5 Å². The van der Waals surface area contributed by atoms with Gasteiger partial charge in [0.2, 0.25) is 5.60 Å². The Morgan fingerprint density at radius 1 is 0.912 bits per heavy atom. The molecular weight excluding hydrogens is 490 g/mol. The molecule has 2 saturated heterocycles. The second-order valence-corrected chi connectivity index (χ2v) is 10.3. The van der Waals surface area contributed by atoms with Crippen molar-refractivity contribution in [2.24, 2.45) is 0 Å². The van der Waals surface area contributed by atoms with Crippen LogP contribution in [0.2, 0.25) is 0 Å². The Hall–Kier alpha value is -1.69. The maximum atomic E-state index is 13.5. The molecule has 0 saturated carbocycles. The van der Waals surface area contributed by atoms with E-state index in [1.807, 2.05) is 36.4 Å². The molecular formula is C29H40BrNO3. The average Bonchev–Trinajstić information content (AvgIpc) is 3.00. The number of esters is 1. The van der Waals surface area contributed by atoms with Crippen LogP contribution >= 0.6 is 0 Å². The number of benzene rings is 2. The molecule has 2 unspecified atom stereocenters. The molecule has 2 atom stereocenters. The van der Waals surface area contributed by atoms with Crippen LogP contribution in [0.5, 0.6) is 0 Å². The molecule has 0 spiro atoms. The monoisotopic (exact) mass is 529 g/mol. The van der Waals surface area contributed by atoms with E-state index in [4.69, 9.17) is 4.74 Å². The van der Waals surface area contributed by atoms with Crippen molar-refractivity contribution in [3.63, 3.8) is 0 Å². The first-order chi connectivity index (χ1) is 16.0. The van der Waals surface area contributed by atoms with Gasteiger partial charge in [-0.05, 0) is 24.0 Å². The number of carbonyl (C=O) groups is 1. The molecule has 4 rings (SSSR count). The third kappa shape index (κ3) is 5.42. The molecule has 186 valence electrons. The topological polar surface area (TPSA) is 46.5 Å². The van der Waals surface area contributed by atoms with Crippen LogP contribution in [0.25, 0.3) is 0 Å². The first kappa shape index (κ1) is 26.9. The summed E-state index contributed by atoms with van der Waals surface area (Å²) in [4.78, 5) is 13.5. The Morgan fingerprint density at radius 3 is 1.91 bits per heavy atom. The van der Waals surface area contributed by atoms with Crippen LogP contribution in [-0.2, 0) is 15.1 Å². The van der Waals surface area contributed by atoms with Gasteiger partial charge in [0.15, 0.2) is 0 Å². The molecule has 0 aromatic heterocycles. The van der Waals surface area contributed by atoms with Gasteiger partial charge in [0.25, 0.3) is 0 Å². The number of hydrogen-bond acceptors (Lipinski definition) is 3. The number of carbonyl (C=O) groups excluding carboxylic acids is 1. The van der Waals surface area contributed by atoms with Crippen molar-refractivity contribution in [3.05, 3.63) is 71.8 Å². The molecule has 2 fully saturated rings. The zero-order valence-corrected chi connectivity index (χ0v) is 22.3. The summed E-state index contributed by atoms with van der Waals surface area (Å²) >= 11 is 0. The highest BCUT2D eigenvalue weighted by atomic mass is 79.9. The predicted molar refractivity (Wildman–Crippen MR) is 132 cm³/mol. The van der Waals surface area contributed by atoms with Crippen molar-refractivity contribution in [1.82, 2.24) is 0 Å². The molecule has 4 nitrogen and oxygen atoms in total. The number of fused-ring (bicyclic) bond motifs is 2. The number of rotatable bonds is 10. The van der Waals surface area contributed by atoms with Gasteiger partial charge in [0, 0.05) is 25.7 Å². The molecule has 2 heterocycles. The second-order valence-electron chi connectivity index (χ2n) is 10.3. The minimum absolute atomic E-state index is 0. The lowest BCUT2D eigenvalue weighted by molar-refractivity contribution is -0.949. The summed E-state index contributed by atoms with van der Waals surface area (Å²) in [6.07, 6.45) is 10.7. The smallest absolute Gasteiger partial charge is 0.347 e. The lowest BCUT2D eigenvalue weighted by Gasteiger charge is -2.47. The molecule has 5 heteroatoms. The van der Waals surface area contributed by atoms with Gasteiger partial charge in [0.1, 0.15) is 6.10 Å². The van der Waals surface area contributed by atoms with Crippen LogP contribution in [0.1, 0.15) is 75.8 Å². The Labute approximate surface area is 215 Å². The summed E-state index contributed by atoms with van der Waals surface area (Å²) in [5.74, 6) is -0.556. The minimum Gasteiger partial charge on any atom is -1.00 e. The fourth-order valence-electron chi connectivity index (χ4n) is 6.21. The van der Waals surface area contributed by atoms with Crippen molar-refractivity contribution in [3.8, 4) is 0 Å². The maximum Gasteiger partial charge on any atom is 0.347 e. The highest BCUT2D eigenvalue weighted by molar-refractivity contribution is 5.85. The number of aliphatic hydroxyl groups is 1. The molecule has 2 aromatic carbocycles. The van der Waals surface area contributed by atoms with Crippen LogP contribution < -0.4 is 17.0 Å². The summed E-state index contributed by atoms with van der Waals surface area (Å²) in [5.41, 5.74) is -0.698. The molecule has 34 heavy (non-hydrogen) atoms. The Bertz CT molecular complexity index is 851. The number of quaternary nitrogens is 1. The Morgan fingerprint density at radius 2 is 1.41 bits per heavy atom. The van der Waals surface area contributed by atoms with Gasteiger partial charge < -0.3 is 31.3 Å². The average molecular weight is 531 g/mol. The van der Waals surface area contributed by atoms with E-state index in [1.54, 1.807) is 24.3 Å². The summed E-state index contributed by atoms with van der Waals surface area (Å²) in [6, 6.07) is 19.5. The highest BCUT2D eigenvalue weighted by Gasteiger charge is 2.53. The molecule has 2 bridgehead atoms. The molecule has 1 N–H and O–H groups in total. The Balaban J connectivity index is 0.00000324. The van der Waals surface area contributed by atoms with Gasteiger partial charge in [-0.15, -0.1) is 0 Å². The number of hydrogen-bond donors (Lipinski definition) is 1. The third-order valence-corrected chi connectivity index (χ3v) is 8.27. The maximum absolute atomic E-state index is 13.5. The van der Waals surface area contributed by atoms with Crippen LogP contribution in [-0.4, -0.2) is 47.3 Å². The summed E-state index contributed by atoms with van der Waals surface area (Å²) in [7, 11) is 2.42. The van der Waals surface area contributed by atoms with Crippen molar-refractivity contribution in [2.75, 3.05) is 13.6 Å². The van der Waals surface area contributed by atoms with E-state index in [2.05, 4.69) is 14.0 Å². The normalized spacial score (nSPS) is 26.0. The lowest BCUT2D eigenvalue weighted by Crippen LogP contribution is -3.00. The summed E-state index contributed by atoms with van der Waals surface area (Å²) in [5, 5.41) is 11.7. The van der Waals surface area contributed by atoms with E-state index in [0.717, 1.165) is 17.3 Å². The van der Waals surface area contributed by atoms with Gasteiger partial charge in [-0.1, -0.05) is 86.8 Å². The van der Waals surface area contributed by atoms with Crippen LogP contribution in [0.3, 0.4) is 0 Å². The van der Waals surface area contributed by atoms with Gasteiger partial charge in [-0.3, -0.25) is 0 Å². The van der Waals surface area contributed by atoms with E-state index < -0.39 is 11.6 Å². The van der Waals surface area contributed by atoms with Crippen LogP contribution in [0, 0.1) is 0 Å². The number of piperidine rings is 1.